The molecule has 214 valence electrons. The zero-order valence-corrected chi connectivity index (χ0v) is 25.0. The zero-order valence-electron chi connectivity index (χ0n) is 24.2. The highest BCUT2D eigenvalue weighted by Crippen LogP contribution is 2.30. The molecule has 2 aromatic heterocycles. The van der Waals surface area contributed by atoms with Crippen LogP contribution >= 0.6 is 11.3 Å². The van der Waals surface area contributed by atoms with Gasteiger partial charge in [0.2, 0.25) is 0 Å². The van der Waals surface area contributed by atoms with E-state index in [1.54, 1.807) is 23.5 Å². The average molecular weight is 577 g/mol. The van der Waals surface area contributed by atoms with Crippen molar-refractivity contribution in [3.8, 4) is 12.8 Å². The van der Waals surface area contributed by atoms with Gasteiger partial charge < -0.3 is 16.0 Å². The number of thiophene rings is 1. The number of H-pyrrole nitrogens is 1. The van der Waals surface area contributed by atoms with Gasteiger partial charge >= 0.3 is 0 Å². The van der Waals surface area contributed by atoms with Crippen LogP contribution in [0.3, 0.4) is 0 Å². The van der Waals surface area contributed by atoms with Gasteiger partial charge in [-0.05, 0) is 59.7 Å². The number of aromatic amines is 1. The third kappa shape index (κ3) is 8.17. The fourth-order valence-electron chi connectivity index (χ4n) is 4.53. The van der Waals surface area contributed by atoms with Gasteiger partial charge in [-0.25, -0.2) is 9.37 Å². The fourth-order valence-corrected chi connectivity index (χ4v) is 5.28. The lowest BCUT2D eigenvalue weighted by Crippen LogP contribution is -2.16. The molecule has 0 bridgehead atoms. The summed E-state index contributed by atoms with van der Waals surface area (Å²) >= 11 is 1.65. The van der Waals surface area contributed by atoms with E-state index in [1.165, 1.54) is 11.6 Å². The number of rotatable bonds is 12. The summed E-state index contributed by atoms with van der Waals surface area (Å²) in [5.74, 6) is 0.397. The molecule has 2 aromatic carbocycles. The fraction of sp³-hybridized carbons (Fsp3) is 0.139. The minimum Gasteiger partial charge on any atom is -0.398 e. The highest BCUT2D eigenvalue weighted by molar-refractivity contribution is 7.11. The second-order valence-corrected chi connectivity index (χ2v) is 10.4. The topological polar surface area (TPSA) is 66.7 Å². The summed E-state index contributed by atoms with van der Waals surface area (Å²) in [4.78, 5) is 9.41. The third-order valence-electron chi connectivity index (χ3n) is 6.57. The van der Waals surface area contributed by atoms with Gasteiger partial charge in [0, 0.05) is 46.9 Å². The van der Waals surface area contributed by atoms with Crippen molar-refractivity contribution in [1.82, 2.24) is 15.3 Å². The number of hydrogen-bond acceptors (Lipinski definition) is 4. The van der Waals surface area contributed by atoms with Gasteiger partial charge in [-0.3, -0.25) is 0 Å². The van der Waals surface area contributed by atoms with Crippen molar-refractivity contribution in [3.05, 3.63) is 154 Å². The van der Waals surface area contributed by atoms with Gasteiger partial charge in [0.15, 0.2) is 0 Å². The summed E-state index contributed by atoms with van der Waals surface area (Å²) in [5.41, 5.74) is 13.7. The number of aromatic nitrogens is 2. The second-order valence-electron chi connectivity index (χ2n) is 9.41. The molecule has 6 heteroatoms. The molecule has 4 nitrogen and oxygen atoms in total. The SMILES string of the molecule is C#C.C=C/C=C(/c1cccs1)c1nc(Cc2cc(C(/C=C(\C=C)CNCc3ccccc3)=C/C)c(F)cc2N)[nH]c1C. The summed E-state index contributed by atoms with van der Waals surface area (Å²) in [6, 6.07) is 17.5. The number of nitrogens with two attached hydrogens (primary N) is 1. The second kappa shape index (κ2) is 15.9. The standard InChI is InChI=1S/C34H35FN4S.C2H2/c1-5-12-28(32-15-11-16-40-32)34-23(4)38-33(39-34)19-27-18-29(30(35)20-31(27)36)26(7-3)17-24(6-2)21-37-22-25-13-9-8-10-14-25;1-2/h5-18,20,37H,1-2,19,21-22,36H2,3-4H3,(H,38,39);1-2H/b24-17+,26-7+,28-12-;. The number of terminal acetylenes is 1. The van der Waals surface area contributed by atoms with Crippen molar-refractivity contribution >= 4 is 28.2 Å². The smallest absolute Gasteiger partial charge is 0.133 e. The number of nitrogen functional groups attached to an aromatic ring is 1. The van der Waals surface area contributed by atoms with Crippen molar-refractivity contribution in [1.29, 1.82) is 0 Å². The molecular formula is C36H37FN4S. The number of aryl methyl sites for hydroxylation is 1. The number of imidazole rings is 1. The van der Waals surface area contributed by atoms with E-state index in [1.807, 2.05) is 67.8 Å². The van der Waals surface area contributed by atoms with Crippen LogP contribution in [0.15, 0.2) is 109 Å². The first-order valence-electron chi connectivity index (χ1n) is 13.5. The van der Waals surface area contributed by atoms with Gasteiger partial charge in [-0.2, -0.15) is 0 Å². The Labute approximate surface area is 252 Å². The number of nitrogens with zero attached hydrogens (tertiary/aromatic N) is 1. The molecule has 0 spiro atoms. The molecule has 4 aromatic rings. The summed E-state index contributed by atoms with van der Waals surface area (Å²) in [5, 5.41) is 5.48. The Morgan fingerprint density at radius 3 is 2.55 bits per heavy atom. The quantitative estimate of drug-likeness (QED) is 0.0903. The Hall–Kier alpha value is -4.70. The molecule has 0 fully saturated rings. The summed E-state index contributed by atoms with van der Waals surface area (Å²) in [6.45, 7) is 13.1. The van der Waals surface area contributed by atoms with E-state index in [9.17, 15) is 0 Å². The van der Waals surface area contributed by atoms with Crippen LogP contribution < -0.4 is 11.1 Å². The maximum atomic E-state index is 15.2. The number of allylic oxidation sites excluding steroid dienone is 5. The van der Waals surface area contributed by atoms with E-state index in [4.69, 9.17) is 10.7 Å². The molecule has 0 atom stereocenters. The van der Waals surface area contributed by atoms with Gasteiger partial charge in [0.25, 0.3) is 0 Å². The van der Waals surface area contributed by atoms with Gasteiger partial charge in [-0.15, -0.1) is 24.2 Å². The molecule has 0 aliphatic rings. The monoisotopic (exact) mass is 576 g/mol. The van der Waals surface area contributed by atoms with E-state index >= 15 is 4.39 Å². The van der Waals surface area contributed by atoms with Crippen molar-refractivity contribution in [3.63, 3.8) is 0 Å². The normalized spacial score (nSPS) is 12.0. The van der Waals surface area contributed by atoms with Crippen LogP contribution in [0.4, 0.5) is 10.1 Å². The van der Waals surface area contributed by atoms with Crippen molar-refractivity contribution in [2.24, 2.45) is 0 Å². The number of halogens is 1. The van der Waals surface area contributed by atoms with Crippen molar-refractivity contribution in [2.75, 3.05) is 12.3 Å². The lowest BCUT2D eigenvalue weighted by molar-refractivity contribution is 0.624. The molecule has 0 aliphatic carbocycles. The van der Waals surface area contributed by atoms with Crippen LogP contribution in [-0.4, -0.2) is 16.5 Å². The molecule has 4 rings (SSSR count). The zero-order chi connectivity index (χ0) is 30.5. The van der Waals surface area contributed by atoms with E-state index < -0.39 is 0 Å². The van der Waals surface area contributed by atoms with Crippen molar-refractivity contribution < 1.29 is 4.39 Å². The minimum absolute atomic E-state index is 0.364. The molecule has 0 radical (unpaired) electrons. The largest absolute Gasteiger partial charge is 0.398 e. The van der Waals surface area contributed by atoms with Crippen molar-refractivity contribution in [2.45, 2.75) is 26.8 Å². The molecule has 0 amide bonds. The van der Waals surface area contributed by atoms with Gasteiger partial charge in [-0.1, -0.05) is 79.9 Å². The van der Waals surface area contributed by atoms with Gasteiger partial charge in [0.05, 0.1) is 5.69 Å². The number of hydrogen-bond donors (Lipinski definition) is 3. The Balaban J connectivity index is 0.00000237. The molecule has 0 aliphatic heterocycles. The maximum Gasteiger partial charge on any atom is 0.133 e. The van der Waals surface area contributed by atoms with E-state index in [-0.39, 0.29) is 5.82 Å². The lowest BCUT2D eigenvalue weighted by Gasteiger charge is -2.12. The maximum absolute atomic E-state index is 15.2. The van der Waals surface area contributed by atoms with Gasteiger partial charge in [0.1, 0.15) is 11.6 Å². The van der Waals surface area contributed by atoms with E-state index in [0.29, 0.717) is 24.2 Å². The first-order chi connectivity index (χ1) is 20.4. The molecule has 0 unspecified atom stereocenters. The van der Waals surface area contributed by atoms with E-state index in [0.717, 1.165) is 50.9 Å². The van der Waals surface area contributed by atoms with Crippen LogP contribution in [0.2, 0.25) is 0 Å². The molecule has 2 heterocycles. The highest BCUT2D eigenvalue weighted by atomic mass is 32.1. The predicted molar refractivity (Wildman–Crippen MR) is 179 cm³/mol. The van der Waals surface area contributed by atoms with Crippen LogP contribution in [0.25, 0.3) is 11.1 Å². The van der Waals surface area contributed by atoms with Crippen LogP contribution in [0.5, 0.6) is 0 Å². The molecular weight excluding hydrogens is 539 g/mol. The average Bonchev–Trinajstić information content (AvgIpc) is 3.67. The molecule has 0 saturated heterocycles. The minimum atomic E-state index is -0.364. The molecule has 4 N–H and O–H groups in total. The van der Waals surface area contributed by atoms with Crippen LogP contribution in [0.1, 0.15) is 45.7 Å². The Bertz CT molecular complexity index is 1600. The molecule has 0 saturated carbocycles. The Morgan fingerprint density at radius 2 is 1.90 bits per heavy atom. The Kier molecular flexibility index (Phi) is 12.1. The Morgan fingerprint density at radius 1 is 1.14 bits per heavy atom. The highest BCUT2D eigenvalue weighted by Gasteiger charge is 2.17. The summed E-state index contributed by atoms with van der Waals surface area (Å²) in [7, 11) is 0. The number of nitrogens with one attached hydrogen (secondary N) is 2. The number of benzene rings is 2. The van der Waals surface area contributed by atoms with E-state index in [2.05, 4.69) is 54.5 Å². The first-order valence-corrected chi connectivity index (χ1v) is 14.4. The van der Waals surface area contributed by atoms with Crippen LogP contribution in [-0.2, 0) is 13.0 Å². The van der Waals surface area contributed by atoms with Crippen LogP contribution in [0, 0.1) is 25.6 Å². The third-order valence-corrected chi connectivity index (χ3v) is 7.48. The lowest BCUT2D eigenvalue weighted by atomic mass is 9.97. The molecule has 42 heavy (non-hydrogen) atoms. The number of anilines is 1. The summed E-state index contributed by atoms with van der Waals surface area (Å²) in [6.07, 6.45) is 17.9. The predicted octanol–water partition coefficient (Wildman–Crippen LogP) is 8.26. The first kappa shape index (κ1) is 31.8. The summed E-state index contributed by atoms with van der Waals surface area (Å²) < 4.78 is 15.2.